The second-order valence-electron chi connectivity index (χ2n) is 3.76. The molecule has 0 saturated heterocycles. The third-order valence-corrected chi connectivity index (χ3v) is 4.01. The number of rotatable bonds is 6. The van der Waals surface area contributed by atoms with Gasteiger partial charge in [0.05, 0.1) is 0 Å². The quantitative estimate of drug-likeness (QED) is 0.781. The molecule has 0 amide bonds. The van der Waals surface area contributed by atoms with E-state index in [1.807, 2.05) is 0 Å². The molecule has 1 heterocycles. The van der Waals surface area contributed by atoms with Crippen LogP contribution in [0.3, 0.4) is 0 Å². The van der Waals surface area contributed by atoms with Crippen molar-refractivity contribution in [1.82, 2.24) is 5.32 Å². The van der Waals surface area contributed by atoms with E-state index in [1.54, 1.807) is 11.3 Å². The first-order chi connectivity index (χ1) is 6.74. The molecule has 1 atom stereocenters. The molecule has 1 aromatic rings. The van der Waals surface area contributed by atoms with E-state index in [0.29, 0.717) is 5.92 Å². The summed E-state index contributed by atoms with van der Waals surface area (Å²) in [5.41, 5.74) is 1.45. The van der Waals surface area contributed by atoms with Gasteiger partial charge in [0, 0.05) is 9.85 Å². The molecule has 1 aromatic heterocycles. The Hall–Kier alpha value is 0.140. The number of thiophene rings is 1. The Labute approximate surface area is 99.0 Å². The van der Waals surface area contributed by atoms with Gasteiger partial charge in [-0.05, 0) is 58.7 Å². The van der Waals surface area contributed by atoms with E-state index in [4.69, 9.17) is 0 Å². The molecule has 0 aliphatic rings. The molecule has 0 aliphatic carbocycles. The van der Waals surface area contributed by atoms with Crippen LogP contribution < -0.4 is 5.32 Å². The molecule has 1 nitrogen and oxygen atoms in total. The predicted octanol–water partition coefficient (Wildman–Crippen LogP) is 3.69. The third kappa shape index (κ3) is 4.11. The molecule has 1 rings (SSSR count). The zero-order valence-electron chi connectivity index (χ0n) is 8.85. The van der Waals surface area contributed by atoms with E-state index >= 15 is 0 Å². The first-order valence-corrected chi connectivity index (χ1v) is 6.89. The van der Waals surface area contributed by atoms with E-state index < -0.39 is 0 Å². The van der Waals surface area contributed by atoms with Gasteiger partial charge in [0.25, 0.3) is 0 Å². The minimum atomic E-state index is 0.715. The SMILES string of the molecule is CCCNCC(C)Cc1cscc1Br. The first kappa shape index (κ1) is 12.2. The molecular weight excluding hydrogens is 258 g/mol. The highest BCUT2D eigenvalue weighted by Gasteiger charge is 2.06. The van der Waals surface area contributed by atoms with Crippen molar-refractivity contribution < 1.29 is 0 Å². The Morgan fingerprint density at radius 1 is 1.50 bits per heavy atom. The van der Waals surface area contributed by atoms with Gasteiger partial charge in [-0.1, -0.05) is 13.8 Å². The number of halogens is 1. The maximum absolute atomic E-state index is 3.57. The van der Waals surface area contributed by atoms with Crippen LogP contribution in [-0.2, 0) is 6.42 Å². The summed E-state index contributed by atoms with van der Waals surface area (Å²) in [7, 11) is 0. The smallest absolute Gasteiger partial charge is 0.0314 e. The highest BCUT2D eigenvalue weighted by Crippen LogP contribution is 2.23. The molecule has 0 fully saturated rings. The van der Waals surface area contributed by atoms with Crippen LogP contribution in [0, 0.1) is 5.92 Å². The predicted molar refractivity (Wildman–Crippen MR) is 68.0 cm³/mol. The summed E-state index contributed by atoms with van der Waals surface area (Å²) < 4.78 is 1.27. The lowest BCUT2D eigenvalue weighted by atomic mass is 10.0. The Morgan fingerprint density at radius 3 is 2.86 bits per heavy atom. The van der Waals surface area contributed by atoms with Crippen molar-refractivity contribution >= 4 is 27.3 Å². The summed E-state index contributed by atoms with van der Waals surface area (Å²) in [6.07, 6.45) is 2.38. The molecule has 0 spiro atoms. The molecular formula is C11H18BrNS. The van der Waals surface area contributed by atoms with E-state index in [2.05, 4.69) is 45.9 Å². The number of nitrogens with one attached hydrogen (secondary N) is 1. The third-order valence-electron chi connectivity index (χ3n) is 2.18. The van der Waals surface area contributed by atoms with Gasteiger partial charge < -0.3 is 5.32 Å². The van der Waals surface area contributed by atoms with Gasteiger partial charge in [-0.3, -0.25) is 0 Å². The standard InChI is InChI=1S/C11H18BrNS/c1-3-4-13-6-9(2)5-10-7-14-8-11(10)12/h7-9,13H,3-6H2,1-2H3. The highest BCUT2D eigenvalue weighted by atomic mass is 79.9. The minimum absolute atomic E-state index is 0.715. The fraction of sp³-hybridized carbons (Fsp3) is 0.636. The van der Waals surface area contributed by atoms with Gasteiger partial charge in [-0.15, -0.1) is 0 Å². The molecule has 0 bridgehead atoms. The van der Waals surface area contributed by atoms with Crippen molar-refractivity contribution in [2.75, 3.05) is 13.1 Å². The van der Waals surface area contributed by atoms with Gasteiger partial charge >= 0.3 is 0 Å². The first-order valence-electron chi connectivity index (χ1n) is 5.15. The van der Waals surface area contributed by atoms with Crippen molar-refractivity contribution in [3.05, 3.63) is 20.8 Å². The van der Waals surface area contributed by atoms with Crippen molar-refractivity contribution in [3.63, 3.8) is 0 Å². The van der Waals surface area contributed by atoms with Crippen LogP contribution in [0.2, 0.25) is 0 Å². The van der Waals surface area contributed by atoms with Crippen LogP contribution in [0.1, 0.15) is 25.8 Å². The maximum Gasteiger partial charge on any atom is 0.0314 e. The van der Waals surface area contributed by atoms with Crippen molar-refractivity contribution in [2.24, 2.45) is 5.92 Å². The van der Waals surface area contributed by atoms with Gasteiger partial charge in [-0.25, -0.2) is 0 Å². The molecule has 3 heteroatoms. The van der Waals surface area contributed by atoms with Gasteiger partial charge in [0.1, 0.15) is 0 Å². The average Bonchev–Trinajstić information content (AvgIpc) is 2.52. The number of hydrogen-bond donors (Lipinski definition) is 1. The molecule has 80 valence electrons. The fourth-order valence-electron chi connectivity index (χ4n) is 1.43. The summed E-state index contributed by atoms with van der Waals surface area (Å²) in [5, 5.41) is 7.85. The Balaban J connectivity index is 2.27. The zero-order chi connectivity index (χ0) is 10.4. The molecule has 14 heavy (non-hydrogen) atoms. The largest absolute Gasteiger partial charge is 0.316 e. The molecule has 0 radical (unpaired) electrons. The van der Waals surface area contributed by atoms with E-state index in [0.717, 1.165) is 13.1 Å². The highest BCUT2D eigenvalue weighted by molar-refractivity contribution is 9.10. The Morgan fingerprint density at radius 2 is 2.29 bits per heavy atom. The Kier molecular flexibility index (Phi) is 5.75. The lowest BCUT2D eigenvalue weighted by Gasteiger charge is -2.11. The van der Waals surface area contributed by atoms with Crippen molar-refractivity contribution in [3.8, 4) is 0 Å². The van der Waals surface area contributed by atoms with Crippen LogP contribution >= 0.6 is 27.3 Å². The Bertz CT molecular complexity index is 260. The number of hydrogen-bond acceptors (Lipinski definition) is 2. The van der Waals surface area contributed by atoms with Crippen LogP contribution in [0.4, 0.5) is 0 Å². The lowest BCUT2D eigenvalue weighted by molar-refractivity contribution is 0.510. The average molecular weight is 276 g/mol. The second kappa shape index (κ2) is 6.59. The zero-order valence-corrected chi connectivity index (χ0v) is 11.2. The molecule has 1 unspecified atom stereocenters. The maximum atomic E-state index is 3.57. The summed E-state index contributed by atoms with van der Waals surface area (Å²) in [5.74, 6) is 0.715. The van der Waals surface area contributed by atoms with Crippen LogP contribution in [0.5, 0.6) is 0 Å². The summed E-state index contributed by atoms with van der Waals surface area (Å²) in [4.78, 5) is 0. The fourth-order valence-corrected chi connectivity index (χ4v) is 2.90. The van der Waals surface area contributed by atoms with Crippen LogP contribution in [0.25, 0.3) is 0 Å². The van der Waals surface area contributed by atoms with Crippen LogP contribution in [0.15, 0.2) is 15.2 Å². The van der Waals surface area contributed by atoms with E-state index in [9.17, 15) is 0 Å². The minimum Gasteiger partial charge on any atom is -0.316 e. The van der Waals surface area contributed by atoms with Gasteiger partial charge in [0.2, 0.25) is 0 Å². The van der Waals surface area contributed by atoms with E-state index in [1.165, 1.54) is 22.9 Å². The summed E-state index contributed by atoms with van der Waals surface area (Å²) >= 11 is 5.34. The van der Waals surface area contributed by atoms with Crippen molar-refractivity contribution in [2.45, 2.75) is 26.7 Å². The summed E-state index contributed by atoms with van der Waals surface area (Å²) in [6, 6.07) is 0. The monoisotopic (exact) mass is 275 g/mol. The normalized spacial score (nSPS) is 13.1. The van der Waals surface area contributed by atoms with Crippen LogP contribution in [-0.4, -0.2) is 13.1 Å². The molecule has 0 aliphatic heterocycles. The van der Waals surface area contributed by atoms with Gasteiger partial charge in [-0.2, -0.15) is 11.3 Å². The lowest BCUT2D eigenvalue weighted by Crippen LogP contribution is -2.23. The molecule has 0 saturated carbocycles. The second-order valence-corrected chi connectivity index (χ2v) is 5.36. The van der Waals surface area contributed by atoms with Gasteiger partial charge in [0.15, 0.2) is 0 Å². The molecule has 0 aromatic carbocycles. The molecule has 1 N–H and O–H groups in total. The topological polar surface area (TPSA) is 12.0 Å². The van der Waals surface area contributed by atoms with E-state index in [-0.39, 0.29) is 0 Å². The summed E-state index contributed by atoms with van der Waals surface area (Å²) in [6.45, 7) is 6.76. The van der Waals surface area contributed by atoms with Crippen molar-refractivity contribution in [1.29, 1.82) is 0 Å².